The zero-order valence-corrected chi connectivity index (χ0v) is 8.17. The first-order valence-electron chi connectivity index (χ1n) is 4.50. The summed E-state index contributed by atoms with van der Waals surface area (Å²) in [6, 6.07) is 6.35. The van der Waals surface area contributed by atoms with Crippen LogP contribution < -0.4 is 9.47 Å². The molecule has 0 spiro atoms. The minimum Gasteiger partial charge on any atom is -0.421 e. The van der Waals surface area contributed by atoms with E-state index in [1.54, 1.807) is 12.1 Å². The number of benzene rings is 1. The number of rotatable bonds is 0. The fourth-order valence-electron chi connectivity index (χ4n) is 1.10. The van der Waals surface area contributed by atoms with Crippen LogP contribution in [0.5, 0.6) is 11.5 Å². The normalized spacial score (nSPS) is 17.0. The molecule has 1 aliphatic rings. The quantitative estimate of drug-likeness (QED) is 0.362. The maximum Gasteiger partial charge on any atom is 0.341 e. The number of ether oxygens (including phenoxy) is 2. The zero-order chi connectivity index (χ0) is 11.4. The second-order valence-corrected chi connectivity index (χ2v) is 2.92. The van der Waals surface area contributed by atoms with Crippen molar-refractivity contribution in [3.8, 4) is 11.5 Å². The SMILES string of the molecule is O=C1COOCC(=O)Oc2ccccc2O1. The molecule has 1 aromatic carbocycles. The van der Waals surface area contributed by atoms with Crippen molar-refractivity contribution >= 4 is 11.9 Å². The maximum absolute atomic E-state index is 11.2. The number of esters is 2. The lowest BCUT2D eigenvalue weighted by atomic mass is 10.3. The molecule has 0 fully saturated rings. The number of carbonyl (C=O) groups excluding carboxylic acids is 2. The molecule has 0 amide bonds. The van der Waals surface area contributed by atoms with Crippen LogP contribution in [0.25, 0.3) is 0 Å². The highest BCUT2D eigenvalue weighted by molar-refractivity contribution is 5.77. The summed E-state index contributed by atoms with van der Waals surface area (Å²) in [6.07, 6.45) is 0. The minimum absolute atomic E-state index is 0.173. The van der Waals surface area contributed by atoms with Crippen molar-refractivity contribution in [3.05, 3.63) is 24.3 Å². The number of para-hydroxylation sites is 2. The predicted molar refractivity (Wildman–Crippen MR) is 49.6 cm³/mol. The summed E-state index contributed by atoms with van der Waals surface area (Å²) in [5.74, 6) is -0.923. The Balaban J connectivity index is 2.26. The standard InChI is InChI=1S/C10H8O6/c11-9-5-13-14-6-10(12)16-8-4-2-1-3-7(8)15-9/h1-4H,5-6H2. The lowest BCUT2D eigenvalue weighted by molar-refractivity contribution is -0.289. The fourth-order valence-corrected chi connectivity index (χ4v) is 1.10. The first-order chi connectivity index (χ1) is 7.75. The van der Waals surface area contributed by atoms with Crippen LogP contribution in [0.1, 0.15) is 0 Å². The van der Waals surface area contributed by atoms with Crippen LogP contribution >= 0.6 is 0 Å². The molecule has 6 heteroatoms. The average molecular weight is 224 g/mol. The van der Waals surface area contributed by atoms with Gasteiger partial charge in [0.2, 0.25) is 0 Å². The molecule has 1 aromatic rings. The molecule has 0 N–H and O–H groups in total. The summed E-state index contributed by atoms with van der Waals surface area (Å²) in [7, 11) is 0. The van der Waals surface area contributed by atoms with Crippen molar-refractivity contribution in [3.63, 3.8) is 0 Å². The van der Waals surface area contributed by atoms with Gasteiger partial charge in [-0.1, -0.05) is 12.1 Å². The van der Waals surface area contributed by atoms with E-state index in [9.17, 15) is 9.59 Å². The summed E-state index contributed by atoms with van der Waals surface area (Å²) < 4.78 is 9.80. The van der Waals surface area contributed by atoms with Gasteiger partial charge in [-0.05, 0) is 12.1 Å². The highest BCUT2D eigenvalue weighted by Gasteiger charge is 2.16. The van der Waals surface area contributed by atoms with E-state index in [1.165, 1.54) is 12.1 Å². The molecule has 0 saturated carbocycles. The van der Waals surface area contributed by atoms with E-state index >= 15 is 0 Å². The summed E-state index contributed by atoms with van der Waals surface area (Å²) in [4.78, 5) is 31.2. The maximum atomic E-state index is 11.2. The Morgan fingerprint density at radius 1 is 0.812 bits per heavy atom. The van der Waals surface area contributed by atoms with Gasteiger partial charge in [-0.2, -0.15) is 0 Å². The van der Waals surface area contributed by atoms with Gasteiger partial charge in [0.1, 0.15) is 0 Å². The Morgan fingerprint density at radius 2 is 1.25 bits per heavy atom. The highest BCUT2D eigenvalue weighted by atomic mass is 17.2. The third kappa shape index (κ3) is 2.56. The summed E-state index contributed by atoms with van der Waals surface area (Å²) in [6.45, 7) is -0.775. The third-order valence-electron chi connectivity index (χ3n) is 1.73. The summed E-state index contributed by atoms with van der Waals surface area (Å²) in [5, 5.41) is 0. The molecule has 0 aliphatic carbocycles. The monoisotopic (exact) mass is 224 g/mol. The van der Waals surface area contributed by atoms with E-state index < -0.39 is 11.9 Å². The molecule has 0 bridgehead atoms. The van der Waals surface area contributed by atoms with E-state index in [0.717, 1.165) is 0 Å². The van der Waals surface area contributed by atoms with Gasteiger partial charge in [0.05, 0.1) is 0 Å². The Morgan fingerprint density at radius 3 is 1.69 bits per heavy atom. The Bertz CT molecular complexity index is 375. The van der Waals surface area contributed by atoms with E-state index in [4.69, 9.17) is 9.47 Å². The summed E-state index contributed by atoms with van der Waals surface area (Å²) >= 11 is 0. The Hall–Kier alpha value is -1.92. The van der Waals surface area contributed by atoms with E-state index in [2.05, 4.69) is 9.78 Å². The first kappa shape index (κ1) is 10.6. The molecule has 0 radical (unpaired) electrons. The van der Waals surface area contributed by atoms with Crippen molar-refractivity contribution in [2.24, 2.45) is 0 Å². The summed E-state index contributed by atoms with van der Waals surface area (Å²) in [5.41, 5.74) is 0. The fraction of sp³-hybridized carbons (Fsp3) is 0.200. The van der Waals surface area contributed by atoms with E-state index in [-0.39, 0.29) is 24.7 Å². The molecule has 0 unspecified atom stereocenters. The average Bonchev–Trinajstić information content (AvgIpc) is 2.27. The first-order valence-corrected chi connectivity index (χ1v) is 4.50. The van der Waals surface area contributed by atoms with Crippen molar-refractivity contribution in [1.82, 2.24) is 0 Å². The van der Waals surface area contributed by atoms with Crippen LogP contribution in [0.3, 0.4) is 0 Å². The van der Waals surface area contributed by atoms with Gasteiger partial charge in [0.15, 0.2) is 24.7 Å². The molecule has 6 nitrogen and oxygen atoms in total. The zero-order valence-electron chi connectivity index (χ0n) is 8.17. The van der Waals surface area contributed by atoms with Crippen LogP contribution in [0, 0.1) is 0 Å². The largest absolute Gasteiger partial charge is 0.421 e. The van der Waals surface area contributed by atoms with Crippen molar-refractivity contribution < 1.29 is 28.8 Å². The second-order valence-electron chi connectivity index (χ2n) is 2.92. The second kappa shape index (κ2) is 4.73. The van der Waals surface area contributed by atoms with Gasteiger partial charge in [-0.25, -0.2) is 19.4 Å². The number of hydrogen-bond acceptors (Lipinski definition) is 6. The molecule has 0 atom stereocenters. The van der Waals surface area contributed by atoms with Crippen molar-refractivity contribution in [2.45, 2.75) is 0 Å². The predicted octanol–water partition coefficient (Wildman–Crippen LogP) is 0.459. The molecule has 84 valence electrons. The van der Waals surface area contributed by atoms with Crippen molar-refractivity contribution in [1.29, 1.82) is 0 Å². The Labute approximate surface area is 90.6 Å². The number of fused-ring (bicyclic) bond motifs is 1. The minimum atomic E-state index is -0.634. The molecule has 0 aromatic heterocycles. The highest BCUT2D eigenvalue weighted by Crippen LogP contribution is 2.26. The van der Waals surface area contributed by atoms with Crippen molar-refractivity contribution in [2.75, 3.05) is 13.2 Å². The molecule has 0 saturated heterocycles. The molecule has 1 aliphatic heterocycles. The van der Waals surface area contributed by atoms with Gasteiger partial charge in [-0.3, -0.25) is 0 Å². The van der Waals surface area contributed by atoms with Gasteiger partial charge in [0.25, 0.3) is 0 Å². The van der Waals surface area contributed by atoms with E-state index in [1.807, 2.05) is 0 Å². The van der Waals surface area contributed by atoms with E-state index in [0.29, 0.717) is 0 Å². The number of carbonyl (C=O) groups is 2. The van der Waals surface area contributed by atoms with Crippen LogP contribution in [0.15, 0.2) is 24.3 Å². The lowest BCUT2D eigenvalue weighted by Gasteiger charge is -2.12. The van der Waals surface area contributed by atoms with Crippen LogP contribution in [-0.4, -0.2) is 25.2 Å². The molecular weight excluding hydrogens is 216 g/mol. The van der Waals surface area contributed by atoms with Gasteiger partial charge >= 0.3 is 11.9 Å². The molecule has 16 heavy (non-hydrogen) atoms. The number of hydrogen-bond donors (Lipinski definition) is 0. The third-order valence-corrected chi connectivity index (χ3v) is 1.73. The molecule has 2 rings (SSSR count). The van der Waals surface area contributed by atoms with Gasteiger partial charge < -0.3 is 9.47 Å². The smallest absolute Gasteiger partial charge is 0.341 e. The van der Waals surface area contributed by atoms with Gasteiger partial charge in [-0.15, -0.1) is 0 Å². The molecular formula is C10H8O6. The van der Waals surface area contributed by atoms with Crippen LogP contribution in [0.4, 0.5) is 0 Å². The van der Waals surface area contributed by atoms with Gasteiger partial charge in [0, 0.05) is 0 Å². The Kier molecular flexibility index (Phi) is 3.13. The van der Waals surface area contributed by atoms with Crippen LogP contribution in [0.2, 0.25) is 0 Å². The topological polar surface area (TPSA) is 71.1 Å². The molecule has 1 heterocycles. The van der Waals surface area contributed by atoms with Crippen LogP contribution in [-0.2, 0) is 19.4 Å². The lowest BCUT2D eigenvalue weighted by Crippen LogP contribution is -2.22.